The zero-order chi connectivity index (χ0) is 16.2. The van der Waals surface area contributed by atoms with Gasteiger partial charge in [0, 0.05) is 35.9 Å². The fourth-order valence-corrected chi connectivity index (χ4v) is 2.66. The van der Waals surface area contributed by atoms with Gasteiger partial charge in [0.15, 0.2) is 0 Å². The Morgan fingerprint density at radius 2 is 1.33 bits per heavy atom. The highest BCUT2D eigenvalue weighted by Gasteiger charge is 2.24. The summed E-state index contributed by atoms with van der Waals surface area (Å²) in [4.78, 5) is 13.0. The van der Waals surface area contributed by atoms with E-state index in [1.165, 1.54) is 0 Å². The Kier molecular flexibility index (Phi) is 3.81. The van der Waals surface area contributed by atoms with E-state index in [0.29, 0.717) is 0 Å². The van der Waals surface area contributed by atoms with Crippen LogP contribution in [0.4, 0.5) is 0 Å². The Morgan fingerprint density at radius 3 is 2.00 bits per heavy atom. The molecule has 1 N–H and O–H groups in total. The molecule has 3 aromatic rings. The number of hydrogen-bond donors (Lipinski definition) is 1. The van der Waals surface area contributed by atoms with Crippen LogP contribution in [0.15, 0.2) is 89.5 Å². The van der Waals surface area contributed by atoms with E-state index < -0.39 is 0 Å². The van der Waals surface area contributed by atoms with Crippen LogP contribution in [0.2, 0.25) is 0 Å². The molecule has 0 amide bonds. The molecule has 0 saturated heterocycles. The molecular weight excluding hydrogens is 298 g/mol. The smallest absolute Gasteiger partial charge is 0.149 e. The Bertz CT molecular complexity index is 873. The highest BCUT2D eigenvalue weighted by atomic mass is 15.3. The molecule has 0 aliphatic carbocycles. The number of aromatic nitrogens is 2. The summed E-state index contributed by atoms with van der Waals surface area (Å²) in [6.07, 6.45) is 7.03. The van der Waals surface area contributed by atoms with Gasteiger partial charge in [0.1, 0.15) is 11.9 Å². The minimum absolute atomic E-state index is 0.169. The molecule has 1 atom stereocenters. The monoisotopic (exact) mass is 313 g/mol. The van der Waals surface area contributed by atoms with Gasteiger partial charge in [-0.25, -0.2) is 0 Å². The number of benzene rings is 1. The predicted molar refractivity (Wildman–Crippen MR) is 93.9 cm³/mol. The standard InChI is InChI=1S/C19H15N5/c1-2-4-14(5-3-1)17-18(15-6-10-20-11-7-15)23-24-19(22-17)16-8-12-21-13-9-16/h1-13,17H,(H,22,24). The molecule has 2 aromatic heterocycles. The Labute approximate surface area is 139 Å². The topological polar surface area (TPSA) is 62.5 Å². The molecule has 0 saturated carbocycles. The van der Waals surface area contributed by atoms with E-state index in [0.717, 1.165) is 28.2 Å². The van der Waals surface area contributed by atoms with Crippen LogP contribution in [0.25, 0.3) is 0 Å². The number of amidine groups is 1. The lowest BCUT2D eigenvalue weighted by atomic mass is 9.97. The third-order valence-electron chi connectivity index (χ3n) is 3.84. The van der Waals surface area contributed by atoms with Crippen molar-refractivity contribution in [3.05, 3.63) is 96.1 Å². The van der Waals surface area contributed by atoms with E-state index >= 15 is 0 Å². The molecule has 1 aromatic carbocycles. The van der Waals surface area contributed by atoms with Crippen LogP contribution < -0.4 is 5.43 Å². The maximum absolute atomic E-state index is 4.91. The molecule has 1 aliphatic heterocycles. The third-order valence-corrected chi connectivity index (χ3v) is 3.84. The summed E-state index contributed by atoms with van der Waals surface area (Å²) in [5.74, 6) is 0.740. The van der Waals surface area contributed by atoms with Crippen molar-refractivity contribution in [2.45, 2.75) is 6.04 Å². The van der Waals surface area contributed by atoms with Gasteiger partial charge in [0.05, 0.1) is 5.71 Å². The van der Waals surface area contributed by atoms with Gasteiger partial charge in [0.25, 0.3) is 0 Å². The molecular formula is C19H15N5. The molecule has 5 heteroatoms. The van der Waals surface area contributed by atoms with Crippen LogP contribution in [0.3, 0.4) is 0 Å². The van der Waals surface area contributed by atoms with Crippen molar-refractivity contribution in [2.24, 2.45) is 10.1 Å². The molecule has 0 radical (unpaired) electrons. The van der Waals surface area contributed by atoms with Crippen molar-refractivity contribution < 1.29 is 0 Å². The third kappa shape index (κ3) is 2.79. The Morgan fingerprint density at radius 1 is 0.708 bits per heavy atom. The maximum Gasteiger partial charge on any atom is 0.149 e. The summed E-state index contributed by atoms with van der Waals surface area (Å²) in [6, 6.07) is 17.7. The number of rotatable bonds is 3. The number of aliphatic imine (C=N–C) groups is 1. The van der Waals surface area contributed by atoms with Crippen molar-refractivity contribution in [1.29, 1.82) is 0 Å². The second-order valence-corrected chi connectivity index (χ2v) is 5.37. The molecule has 3 heterocycles. The summed E-state index contributed by atoms with van der Waals surface area (Å²) in [5, 5.41) is 4.60. The molecule has 4 rings (SSSR count). The normalized spacial score (nSPS) is 16.8. The first-order valence-electron chi connectivity index (χ1n) is 7.69. The lowest BCUT2D eigenvalue weighted by Gasteiger charge is -2.22. The molecule has 0 fully saturated rings. The molecule has 0 bridgehead atoms. The largest absolute Gasteiger partial charge is 0.265 e. The first-order chi connectivity index (χ1) is 11.9. The van der Waals surface area contributed by atoms with Crippen molar-refractivity contribution in [3.8, 4) is 0 Å². The van der Waals surface area contributed by atoms with Gasteiger partial charge in [0.2, 0.25) is 0 Å². The SMILES string of the molecule is c1ccc(C2N=C(c3ccncc3)NN=C2c2ccncc2)cc1. The van der Waals surface area contributed by atoms with E-state index in [2.05, 4.69) is 32.6 Å². The Balaban J connectivity index is 1.78. The van der Waals surface area contributed by atoms with Crippen molar-refractivity contribution in [3.63, 3.8) is 0 Å². The molecule has 24 heavy (non-hydrogen) atoms. The van der Waals surface area contributed by atoms with E-state index in [4.69, 9.17) is 4.99 Å². The lowest BCUT2D eigenvalue weighted by molar-refractivity contribution is 0.860. The Hall–Kier alpha value is -3.34. The summed E-state index contributed by atoms with van der Waals surface area (Å²) in [6.45, 7) is 0. The lowest BCUT2D eigenvalue weighted by Crippen LogP contribution is -2.30. The van der Waals surface area contributed by atoms with E-state index in [9.17, 15) is 0 Å². The van der Waals surface area contributed by atoms with Gasteiger partial charge < -0.3 is 0 Å². The zero-order valence-corrected chi connectivity index (χ0v) is 12.9. The number of pyridine rings is 2. The van der Waals surface area contributed by atoms with Gasteiger partial charge in [-0.3, -0.25) is 20.4 Å². The van der Waals surface area contributed by atoms with Crippen LogP contribution in [0.1, 0.15) is 22.7 Å². The molecule has 116 valence electrons. The second kappa shape index (κ2) is 6.42. The van der Waals surface area contributed by atoms with Crippen molar-refractivity contribution in [2.75, 3.05) is 0 Å². The van der Waals surface area contributed by atoms with Crippen molar-refractivity contribution in [1.82, 2.24) is 15.4 Å². The van der Waals surface area contributed by atoms with Crippen LogP contribution >= 0.6 is 0 Å². The van der Waals surface area contributed by atoms with Gasteiger partial charge in [-0.15, -0.1) is 0 Å². The molecule has 1 unspecified atom stereocenters. The average molecular weight is 313 g/mol. The van der Waals surface area contributed by atoms with Crippen LogP contribution in [-0.2, 0) is 0 Å². The molecule has 5 nitrogen and oxygen atoms in total. The average Bonchev–Trinajstić information content (AvgIpc) is 2.69. The number of nitrogens with one attached hydrogen (secondary N) is 1. The van der Waals surface area contributed by atoms with Gasteiger partial charge in [-0.2, -0.15) is 5.10 Å². The second-order valence-electron chi connectivity index (χ2n) is 5.37. The maximum atomic E-state index is 4.91. The fraction of sp³-hybridized carbons (Fsp3) is 0.0526. The minimum Gasteiger partial charge on any atom is -0.265 e. The van der Waals surface area contributed by atoms with Crippen LogP contribution in [-0.4, -0.2) is 21.5 Å². The number of hydrazone groups is 1. The summed E-state index contributed by atoms with van der Waals surface area (Å²) in [5.41, 5.74) is 7.01. The van der Waals surface area contributed by atoms with Gasteiger partial charge in [-0.1, -0.05) is 30.3 Å². The number of hydrogen-bond acceptors (Lipinski definition) is 5. The fourth-order valence-electron chi connectivity index (χ4n) is 2.66. The summed E-state index contributed by atoms with van der Waals surface area (Å²) < 4.78 is 0. The van der Waals surface area contributed by atoms with Gasteiger partial charge in [-0.05, 0) is 29.8 Å². The van der Waals surface area contributed by atoms with Crippen LogP contribution in [0.5, 0.6) is 0 Å². The van der Waals surface area contributed by atoms with E-state index in [1.807, 2.05) is 42.5 Å². The first-order valence-corrected chi connectivity index (χ1v) is 7.69. The molecule has 0 spiro atoms. The van der Waals surface area contributed by atoms with E-state index in [1.54, 1.807) is 24.8 Å². The first kappa shape index (κ1) is 14.3. The van der Waals surface area contributed by atoms with Crippen LogP contribution in [0, 0.1) is 0 Å². The van der Waals surface area contributed by atoms with E-state index in [-0.39, 0.29) is 6.04 Å². The zero-order valence-electron chi connectivity index (χ0n) is 12.9. The number of nitrogens with zero attached hydrogens (tertiary/aromatic N) is 4. The summed E-state index contributed by atoms with van der Waals surface area (Å²) >= 11 is 0. The minimum atomic E-state index is -0.169. The van der Waals surface area contributed by atoms with Gasteiger partial charge >= 0.3 is 0 Å². The molecule has 1 aliphatic rings. The van der Waals surface area contributed by atoms with Crippen molar-refractivity contribution >= 4 is 11.5 Å². The quantitative estimate of drug-likeness (QED) is 0.808. The predicted octanol–water partition coefficient (Wildman–Crippen LogP) is 2.97. The highest BCUT2D eigenvalue weighted by Crippen LogP contribution is 2.26. The highest BCUT2D eigenvalue weighted by molar-refractivity contribution is 6.10. The summed E-state index contributed by atoms with van der Waals surface area (Å²) in [7, 11) is 0.